The van der Waals surface area contributed by atoms with Crippen molar-refractivity contribution >= 4 is 35.4 Å². The summed E-state index contributed by atoms with van der Waals surface area (Å²) in [6.45, 7) is 15.0. The van der Waals surface area contributed by atoms with E-state index >= 15 is 0 Å². The fraction of sp³-hybridized carbons (Fsp3) is 0.607. The van der Waals surface area contributed by atoms with E-state index in [2.05, 4.69) is 67.7 Å². The van der Waals surface area contributed by atoms with Crippen molar-refractivity contribution in [2.45, 2.75) is 167 Å². The molecule has 2 aliphatic heterocycles. The van der Waals surface area contributed by atoms with Crippen molar-refractivity contribution in [2.24, 2.45) is 10.8 Å². The van der Waals surface area contributed by atoms with Crippen LogP contribution in [0, 0.1) is 34.5 Å². The first-order valence-corrected chi connectivity index (χ1v) is 25.7. The molecule has 0 spiro atoms. The zero-order valence-electron chi connectivity index (χ0n) is 44.0. The number of carbonyl (C=O) groups is 6. The van der Waals surface area contributed by atoms with Crippen LogP contribution >= 0.6 is 0 Å². The summed E-state index contributed by atoms with van der Waals surface area (Å²) in [7, 11) is 3.36. The van der Waals surface area contributed by atoms with E-state index in [9.17, 15) is 28.8 Å². The van der Waals surface area contributed by atoms with Gasteiger partial charge in [-0.1, -0.05) is 102 Å². The van der Waals surface area contributed by atoms with Crippen molar-refractivity contribution in [2.75, 3.05) is 40.4 Å². The van der Waals surface area contributed by atoms with Crippen LogP contribution in [0.3, 0.4) is 0 Å². The Kier molecular flexibility index (Phi) is 19.1. The first-order chi connectivity index (χ1) is 34.2. The Balaban J connectivity index is 1.10. The minimum Gasteiger partial charge on any atom is -0.364 e. The monoisotopic (exact) mass is 991 g/mol. The molecule has 2 aromatic rings. The molecule has 0 saturated carbocycles. The second-order valence-electron chi connectivity index (χ2n) is 21.9. The van der Waals surface area contributed by atoms with E-state index in [4.69, 9.17) is 9.47 Å². The summed E-state index contributed by atoms with van der Waals surface area (Å²) in [5.74, 6) is 9.58. The van der Waals surface area contributed by atoms with Crippen molar-refractivity contribution in [3.63, 3.8) is 0 Å². The number of hydrogen-bond acceptors (Lipinski definition) is 10. The van der Waals surface area contributed by atoms with Crippen molar-refractivity contribution in [1.29, 1.82) is 0 Å². The van der Waals surface area contributed by atoms with Gasteiger partial charge in [-0.3, -0.25) is 28.8 Å². The van der Waals surface area contributed by atoms with Gasteiger partial charge < -0.3 is 51.2 Å². The molecule has 72 heavy (non-hydrogen) atoms. The van der Waals surface area contributed by atoms with Crippen LogP contribution in [0.2, 0.25) is 0 Å². The van der Waals surface area contributed by atoms with Crippen molar-refractivity contribution in [3.8, 4) is 23.7 Å². The average molecular weight is 991 g/mol. The molecule has 16 nitrogen and oxygen atoms in total. The Hall–Kier alpha value is -5.78. The number of ether oxygens (including phenoxy) is 2. The van der Waals surface area contributed by atoms with Gasteiger partial charge in [0.1, 0.15) is 37.4 Å². The van der Waals surface area contributed by atoms with Crippen LogP contribution in [-0.2, 0) is 51.1 Å². The molecule has 4 aliphatic rings. The molecule has 390 valence electrons. The predicted octanol–water partition coefficient (Wildman–Crippen LogP) is 3.63. The van der Waals surface area contributed by atoms with Gasteiger partial charge >= 0.3 is 0 Å². The second kappa shape index (κ2) is 24.8. The number of hydrogen-bond donors (Lipinski definition) is 6. The van der Waals surface area contributed by atoms with E-state index < -0.39 is 59.3 Å². The quantitative estimate of drug-likeness (QED) is 0.135. The fourth-order valence-corrected chi connectivity index (χ4v) is 10.1. The van der Waals surface area contributed by atoms with E-state index in [1.807, 2.05) is 77.9 Å². The molecule has 6 rings (SSSR count). The molecule has 2 heterocycles. The van der Waals surface area contributed by atoms with Gasteiger partial charge in [0.2, 0.25) is 35.4 Å². The third-order valence-electron chi connectivity index (χ3n) is 14.5. The Morgan fingerprint density at radius 2 is 0.986 bits per heavy atom. The number of carbonyl (C=O) groups excluding carboxylic acids is 6. The lowest BCUT2D eigenvalue weighted by Crippen LogP contribution is -2.59. The lowest BCUT2D eigenvalue weighted by Gasteiger charge is -2.36. The van der Waals surface area contributed by atoms with E-state index in [-0.39, 0.29) is 86.7 Å². The van der Waals surface area contributed by atoms with Crippen molar-refractivity contribution < 1.29 is 38.2 Å². The van der Waals surface area contributed by atoms with Crippen molar-refractivity contribution in [3.05, 3.63) is 70.8 Å². The smallest absolute Gasteiger partial charge is 0.246 e. The van der Waals surface area contributed by atoms with Crippen LogP contribution in [0.5, 0.6) is 0 Å². The van der Waals surface area contributed by atoms with Crippen LogP contribution in [0.15, 0.2) is 48.5 Å². The van der Waals surface area contributed by atoms with Gasteiger partial charge in [-0.25, -0.2) is 0 Å². The summed E-state index contributed by atoms with van der Waals surface area (Å²) in [4.78, 5) is 86.6. The molecule has 0 bridgehead atoms. The average Bonchev–Trinajstić information content (AvgIpc) is 3.99. The fourth-order valence-electron chi connectivity index (χ4n) is 10.1. The number of fused-ring (bicyclic) bond motifs is 2. The minimum absolute atomic E-state index is 0.00771. The van der Waals surface area contributed by atoms with E-state index in [0.717, 1.165) is 49.7 Å². The Morgan fingerprint density at radius 1 is 0.611 bits per heavy atom. The summed E-state index contributed by atoms with van der Waals surface area (Å²) in [5, 5.41) is 18.2. The lowest BCUT2D eigenvalue weighted by molar-refractivity contribution is -0.144. The molecule has 2 aromatic carbocycles. The number of likely N-dealkylation sites (N-methyl/N-ethyl adjacent to an activating group) is 2. The minimum atomic E-state index is -0.904. The van der Waals surface area contributed by atoms with E-state index in [0.29, 0.717) is 0 Å². The molecule has 0 aromatic heterocycles. The molecular weight excluding hydrogens is 913 g/mol. The second-order valence-corrected chi connectivity index (χ2v) is 21.9. The van der Waals surface area contributed by atoms with Crippen LogP contribution in [0.4, 0.5) is 0 Å². The maximum absolute atomic E-state index is 14.5. The van der Waals surface area contributed by atoms with E-state index in [1.54, 1.807) is 37.7 Å². The third kappa shape index (κ3) is 14.0. The number of nitrogens with one attached hydrogen (secondary N) is 6. The highest BCUT2D eigenvalue weighted by Crippen LogP contribution is 2.34. The molecular formula is C56H78N8O8. The van der Waals surface area contributed by atoms with Gasteiger partial charge in [-0.15, -0.1) is 0 Å². The summed E-state index contributed by atoms with van der Waals surface area (Å²) < 4.78 is 12.4. The molecule has 2 aliphatic carbocycles. The number of rotatable bonds is 16. The highest BCUT2D eigenvalue weighted by molar-refractivity contribution is 5.95. The van der Waals surface area contributed by atoms with Gasteiger partial charge in [0, 0.05) is 25.9 Å². The molecule has 10 atom stereocenters. The number of likely N-dealkylation sites (tertiary alicyclic amines) is 2. The summed E-state index contributed by atoms with van der Waals surface area (Å²) >= 11 is 0. The zero-order valence-corrected chi connectivity index (χ0v) is 44.0. The predicted molar refractivity (Wildman–Crippen MR) is 276 cm³/mol. The lowest BCUT2D eigenvalue weighted by atomic mass is 9.85. The Bertz CT molecular complexity index is 2240. The topological polar surface area (TPSA) is 200 Å². The molecule has 16 heteroatoms. The van der Waals surface area contributed by atoms with Gasteiger partial charge in [-0.05, 0) is 111 Å². The maximum Gasteiger partial charge on any atom is 0.246 e. The normalized spacial score (nSPS) is 23.3. The van der Waals surface area contributed by atoms with Crippen LogP contribution < -0.4 is 31.9 Å². The SMILES string of the molecule is CN[C@@H](C)C(=O)N[C@H](C(=O)N1C[C@@H](OCC#CC#CCO[C@H]2C[C@@H](C(=O)N[C@@H]3CCCc4ccccc43)N(C(=O)[C@@H](NC(=O)[C@H](C)NC)C(C)(C)C)C2)C[C@H]1C(=O)NC1CCCc2ccccc21)C(C)(C)C. The molecule has 0 radical (unpaired) electrons. The summed E-state index contributed by atoms with van der Waals surface area (Å²) in [5.41, 5.74) is 3.26. The first kappa shape index (κ1) is 55.5. The van der Waals surface area contributed by atoms with Crippen LogP contribution in [-0.4, -0.2) is 134 Å². The largest absolute Gasteiger partial charge is 0.364 e. The highest BCUT2D eigenvalue weighted by Gasteiger charge is 2.48. The summed E-state index contributed by atoms with van der Waals surface area (Å²) in [6.07, 6.45) is 4.81. The maximum atomic E-state index is 14.5. The molecule has 6 N–H and O–H groups in total. The molecule has 1 unspecified atom stereocenters. The molecule has 2 fully saturated rings. The Morgan fingerprint density at radius 3 is 1.35 bits per heavy atom. The third-order valence-corrected chi connectivity index (χ3v) is 14.5. The highest BCUT2D eigenvalue weighted by atomic mass is 16.5. The number of aryl methyl sites for hydroxylation is 2. The molecule has 6 amide bonds. The van der Waals surface area contributed by atoms with Gasteiger partial charge in [0.05, 0.1) is 36.4 Å². The van der Waals surface area contributed by atoms with Crippen LogP contribution in [0.25, 0.3) is 0 Å². The van der Waals surface area contributed by atoms with Gasteiger partial charge in [0.25, 0.3) is 0 Å². The molecule has 2 saturated heterocycles. The number of amides is 6. The Labute approximate surface area is 427 Å². The first-order valence-electron chi connectivity index (χ1n) is 25.7. The van der Waals surface area contributed by atoms with Crippen molar-refractivity contribution in [1.82, 2.24) is 41.7 Å². The number of nitrogens with zero attached hydrogens (tertiary/aromatic N) is 2. The zero-order chi connectivity index (χ0) is 52.3. The van der Waals surface area contributed by atoms with Crippen LogP contribution in [0.1, 0.15) is 128 Å². The number of benzene rings is 2. The van der Waals surface area contributed by atoms with Gasteiger partial charge in [0.15, 0.2) is 0 Å². The summed E-state index contributed by atoms with van der Waals surface area (Å²) in [6, 6.07) is 11.3. The van der Waals surface area contributed by atoms with E-state index in [1.165, 1.54) is 11.1 Å². The van der Waals surface area contributed by atoms with Gasteiger partial charge in [-0.2, -0.15) is 0 Å². The standard InChI is InChI=1S/C56H78N8O8/c1-35(57-9)49(65)61-47(55(3,4)5)53(69)63-33-39(31-45(63)51(67)59-43-27-19-23-37-21-13-15-25-41(37)43)71-29-17-11-12-18-30-72-40-32-46(52(68)60-44-28-20-24-38-22-14-16-26-42(38)44)64(34-40)54(70)48(56(6,7)8)62-50(66)36(2)58-10/h13-16,21-22,25-26,35-36,39-40,43-48,57-58H,19-20,23-24,27-34H2,1-10H3,(H,59,67)(H,60,68)(H,61,65)(H,62,66)/t35-,36-,39-,40-,43+,44?,45-,46-,47+,48+/m0/s1.